The van der Waals surface area contributed by atoms with Crippen molar-refractivity contribution in [3.8, 4) is 44.8 Å². The minimum absolute atomic E-state index is 0.0893. The topological polar surface area (TPSA) is 29.3 Å². The Morgan fingerprint density at radius 3 is 1.84 bits per heavy atom. The molecule has 57 heavy (non-hydrogen) atoms. The van der Waals surface area contributed by atoms with E-state index >= 15 is 0 Å². The summed E-state index contributed by atoms with van der Waals surface area (Å²) in [6, 6.07) is 51.3. The van der Waals surface area contributed by atoms with Crippen molar-refractivity contribution in [3.05, 3.63) is 206 Å². The van der Waals surface area contributed by atoms with Gasteiger partial charge < -0.3 is 9.32 Å². The van der Waals surface area contributed by atoms with E-state index in [1.54, 1.807) is 11.3 Å². The number of oxazole rings is 1. The van der Waals surface area contributed by atoms with Gasteiger partial charge in [0, 0.05) is 42.8 Å². The lowest BCUT2D eigenvalue weighted by atomic mass is 9.98. The van der Waals surface area contributed by atoms with Crippen LogP contribution in [0.25, 0.3) is 86.9 Å². The predicted octanol–water partition coefficient (Wildman–Crippen LogP) is 15.5. The number of hydrogen-bond donors (Lipinski definition) is 0. The second-order valence-corrected chi connectivity index (χ2v) is 14.8. The van der Waals surface area contributed by atoms with Crippen molar-refractivity contribution in [1.82, 2.24) is 4.98 Å². The van der Waals surface area contributed by atoms with Crippen LogP contribution < -0.4 is 4.90 Å². The number of hydrogen-bond acceptors (Lipinski definition) is 4. The van der Waals surface area contributed by atoms with E-state index in [2.05, 4.69) is 137 Å². The maximum absolute atomic E-state index is 9.16. The van der Waals surface area contributed by atoms with E-state index in [0.29, 0.717) is 5.56 Å². The van der Waals surface area contributed by atoms with Gasteiger partial charge in [0.05, 0.1) is 11.0 Å². The molecule has 0 saturated carbocycles. The number of nitrogens with zero attached hydrogens (tertiary/aromatic N) is 2. The minimum Gasteiger partial charge on any atom is -0.436 e. The Morgan fingerprint density at radius 1 is 0.474 bits per heavy atom. The highest BCUT2D eigenvalue weighted by Gasteiger charge is 2.15. The van der Waals surface area contributed by atoms with Crippen LogP contribution in [0.1, 0.15) is 11.0 Å². The predicted molar refractivity (Wildman–Crippen MR) is 241 cm³/mol. The molecule has 268 valence electrons. The lowest BCUT2D eigenvalue weighted by Gasteiger charge is -2.26. The molecule has 0 saturated heterocycles. The van der Waals surface area contributed by atoms with Crippen molar-refractivity contribution in [2.45, 2.75) is 0 Å². The Hall–Kier alpha value is -7.27. The van der Waals surface area contributed by atoms with Crippen molar-refractivity contribution in [2.75, 3.05) is 4.90 Å². The summed E-state index contributed by atoms with van der Waals surface area (Å²) >= 11 is 1.67. The third-order valence-corrected chi connectivity index (χ3v) is 11.6. The summed E-state index contributed by atoms with van der Waals surface area (Å²) < 4.78 is 76.0. The quantitative estimate of drug-likeness (QED) is 0.162. The zero-order valence-electron chi connectivity index (χ0n) is 38.2. The summed E-state index contributed by atoms with van der Waals surface area (Å²) in [7, 11) is 0. The van der Waals surface area contributed by atoms with Crippen LogP contribution in [0.4, 0.5) is 17.1 Å². The van der Waals surface area contributed by atoms with Crippen molar-refractivity contribution in [1.29, 1.82) is 0 Å². The van der Waals surface area contributed by atoms with Gasteiger partial charge in [-0.1, -0.05) is 127 Å². The minimum atomic E-state index is -0.553. The Morgan fingerprint density at radius 2 is 1.09 bits per heavy atom. The number of rotatable bonds is 7. The molecule has 0 spiro atoms. The molecule has 0 bridgehead atoms. The van der Waals surface area contributed by atoms with Gasteiger partial charge in [0.1, 0.15) is 5.52 Å². The Bertz CT molecular complexity index is 3660. The number of thiophene rings is 1. The summed E-state index contributed by atoms with van der Waals surface area (Å²) in [6.45, 7) is 0. The molecule has 0 amide bonds. The van der Waals surface area contributed by atoms with Crippen molar-refractivity contribution < 1.29 is 15.4 Å². The van der Waals surface area contributed by atoms with Crippen LogP contribution in [0.5, 0.6) is 0 Å². The van der Waals surface area contributed by atoms with Crippen LogP contribution in [-0.4, -0.2) is 4.98 Å². The Balaban J connectivity index is 0.928. The molecule has 0 aliphatic rings. The number of benzene rings is 9. The first kappa shape index (κ1) is 25.7. The fourth-order valence-electron chi connectivity index (χ4n) is 7.52. The zero-order valence-corrected chi connectivity index (χ0v) is 31.0. The van der Waals surface area contributed by atoms with Crippen LogP contribution in [-0.2, 0) is 0 Å². The van der Waals surface area contributed by atoms with E-state index in [-0.39, 0.29) is 46.2 Å². The Labute approximate surface area is 345 Å². The molecule has 3 nitrogen and oxygen atoms in total. The van der Waals surface area contributed by atoms with Gasteiger partial charge in [-0.3, -0.25) is 0 Å². The summed E-state index contributed by atoms with van der Waals surface area (Å²) in [5.41, 5.74) is 7.99. The maximum Gasteiger partial charge on any atom is 0.227 e. The second kappa shape index (κ2) is 13.8. The van der Waals surface area contributed by atoms with Gasteiger partial charge in [-0.05, 0) is 123 Å². The molecule has 11 rings (SSSR count). The van der Waals surface area contributed by atoms with E-state index in [0.717, 1.165) is 64.7 Å². The van der Waals surface area contributed by atoms with Crippen LogP contribution in [0.15, 0.2) is 210 Å². The first-order valence-electron chi connectivity index (χ1n) is 22.5. The van der Waals surface area contributed by atoms with Gasteiger partial charge in [0.25, 0.3) is 0 Å². The first-order chi connectivity index (χ1) is 31.5. The van der Waals surface area contributed by atoms with Gasteiger partial charge in [0.15, 0.2) is 5.58 Å². The van der Waals surface area contributed by atoms with E-state index in [1.807, 2.05) is 30.3 Å². The summed E-state index contributed by atoms with van der Waals surface area (Å²) in [4.78, 5) is 6.56. The molecule has 0 aliphatic carbocycles. The average molecular weight is 755 g/mol. The number of aromatic nitrogens is 1. The molecule has 11 aromatic rings. The number of fused-ring (bicyclic) bond motifs is 6. The van der Waals surface area contributed by atoms with Crippen molar-refractivity contribution >= 4 is 70.4 Å². The molecule has 0 fully saturated rings. The number of anilines is 3. The first-order valence-corrected chi connectivity index (χ1v) is 19.4. The SMILES string of the molecule is [2H]c1c([2H])c([2H])c(-c2nc3c([2H])c([2H])c(-c4ccc5sc6c7ccc(-c8ccc(N(c9ccccc9)c9ccc(-c%10ccccc%10)cc9)cc8)cc7ccc6c5c4)c([2H])c3o2)c([2H])c1[2H]. The van der Waals surface area contributed by atoms with Gasteiger partial charge in [-0.25, -0.2) is 4.98 Å². The van der Waals surface area contributed by atoms with Gasteiger partial charge in [-0.15, -0.1) is 11.3 Å². The fraction of sp³-hybridized carbons (Fsp3) is 0. The highest BCUT2D eigenvalue weighted by Crippen LogP contribution is 2.42. The third kappa shape index (κ3) is 6.04. The zero-order chi connectivity index (χ0) is 44.7. The monoisotopic (exact) mass is 754 g/mol. The summed E-state index contributed by atoms with van der Waals surface area (Å²) in [6.07, 6.45) is 0. The molecule has 0 unspecified atom stereocenters. The molecule has 9 aromatic carbocycles. The van der Waals surface area contributed by atoms with Crippen LogP contribution in [0.2, 0.25) is 0 Å². The molecular weight excluding hydrogens is 713 g/mol. The number of para-hydroxylation sites is 1. The van der Waals surface area contributed by atoms with Crippen LogP contribution >= 0.6 is 11.3 Å². The molecular formula is C53H34N2OS. The van der Waals surface area contributed by atoms with Crippen LogP contribution in [0.3, 0.4) is 0 Å². The van der Waals surface area contributed by atoms with E-state index in [4.69, 9.17) is 15.4 Å². The largest absolute Gasteiger partial charge is 0.436 e. The van der Waals surface area contributed by atoms with Gasteiger partial charge >= 0.3 is 0 Å². The molecule has 2 aromatic heterocycles. The van der Waals surface area contributed by atoms with Crippen LogP contribution in [0, 0.1) is 0 Å². The van der Waals surface area contributed by atoms with Gasteiger partial charge in [0.2, 0.25) is 5.89 Å². The molecule has 0 atom stereocenters. The maximum atomic E-state index is 9.16. The lowest BCUT2D eigenvalue weighted by molar-refractivity contribution is 0.620. The molecule has 0 radical (unpaired) electrons. The highest BCUT2D eigenvalue weighted by atomic mass is 32.1. The second-order valence-electron chi connectivity index (χ2n) is 13.8. The van der Waals surface area contributed by atoms with E-state index < -0.39 is 30.2 Å². The molecule has 0 N–H and O–H groups in total. The lowest BCUT2D eigenvalue weighted by Crippen LogP contribution is -2.09. The smallest absolute Gasteiger partial charge is 0.227 e. The fourth-order valence-corrected chi connectivity index (χ4v) is 8.74. The summed E-state index contributed by atoms with van der Waals surface area (Å²) in [5, 5.41) is 4.19. The average Bonchev–Trinajstić information content (AvgIpc) is 3.96. The standard InChI is InChI=1S/C53H34N2OS/c1-4-10-35(11-5-1)36-16-24-44(25-17-36)55(43-14-8-3-9-15-43)45-26-18-37(19-27-45)39-20-28-46-42(32-39)21-29-47-48-33-40(23-31-51(48)57-52(46)47)41-22-30-49-50(34-41)56-53(54-49)38-12-6-2-7-13-38/h1-34H/i2D,6D,7D,12D,13D,22D,30D,34D. The molecule has 0 aliphatic heterocycles. The molecule has 4 heteroatoms. The molecule has 2 heterocycles. The highest BCUT2D eigenvalue weighted by molar-refractivity contribution is 7.26. The van der Waals surface area contributed by atoms with E-state index in [9.17, 15) is 0 Å². The van der Waals surface area contributed by atoms with Crippen molar-refractivity contribution in [3.63, 3.8) is 0 Å². The summed E-state index contributed by atoms with van der Waals surface area (Å²) in [5.74, 6) is -0.308. The van der Waals surface area contributed by atoms with Crippen molar-refractivity contribution in [2.24, 2.45) is 0 Å². The van der Waals surface area contributed by atoms with Gasteiger partial charge in [-0.2, -0.15) is 0 Å². The Kier molecular flexibility index (Phi) is 6.23. The third-order valence-electron chi connectivity index (χ3n) is 10.3. The normalized spacial score (nSPS) is 13.5. The van der Waals surface area contributed by atoms with E-state index in [1.165, 1.54) is 5.56 Å².